The van der Waals surface area contributed by atoms with Crippen LogP contribution < -0.4 is 5.32 Å². The second kappa shape index (κ2) is 6.46. The number of hydrogen-bond donors (Lipinski definition) is 1. The molecule has 0 aromatic carbocycles. The van der Waals surface area contributed by atoms with E-state index in [1.54, 1.807) is 7.11 Å². The third-order valence-corrected chi connectivity index (χ3v) is 2.95. The Kier molecular flexibility index (Phi) is 5.58. The number of rotatable bonds is 5. The molecule has 3 heteroatoms. The maximum atomic E-state index is 5.07. The average Bonchev–Trinajstić information content (AvgIpc) is 2.34. The second-order valence-corrected chi connectivity index (χ2v) is 5.14. The standard InChI is InChI=1S/C12H26N2O/c1-12(2)11-14(9-6-7-13-12)8-4-5-10-15-3/h13H,4-11H2,1-3H3. The van der Waals surface area contributed by atoms with E-state index in [0.717, 1.165) is 13.2 Å². The van der Waals surface area contributed by atoms with Gasteiger partial charge in [0, 0.05) is 25.8 Å². The smallest absolute Gasteiger partial charge is 0.0462 e. The molecule has 90 valence electrons. The van der Waals surface area contributed by atoms with Crippen molar-refractivity contribution in [3.05, 3.63) is 0 Å². The highest BCUT2D eigenvalue weighted by molar-refractivity contribution is 4.84. The molecule has 0 amide bonds. The fraction of sp³-hybridized carbons (Fsp3) is 1.00. The normalized spacial score (nSPS) is 22.6. The topological polar surface area (TPSA) is 24.5 Å². The Morgan fingerprint density at radius 2 is 2.13 bits per heavy atom. The predicted octanol–water partition coefficient (Wildman–Crippen LogP) is 1.49. The van der Waals surface area contributed by atoms with Gasteiger partial charge >= 0.3 is 0 Å². The summed E-state index contributed by atoms with van der Waals surface area (Å²) in [5.74, 6) is 0. The molecule has 0 unspecified atom stereocenters. The quantitative estimate of drug-likeness (QED) is 0.702. The molecule has 0 bridgehead atoms. The molecule has 0 aromatic heterocycles. The van der Waals surface area contributed by atoms with E-state index in [1.807, 2.05) is 0 Å². The summed E-state index contributed by atoms with van der Waals surface area (Å²) in [5, 5.41) is 3.59. The Hall–Kier alpha value is -0.120. The molecule has 1 aliphatic rings. The van der Waals surface area contributed by atoms with Gasteiger partial charge in [0.05, 0.1) is 0 Å². The van der Waals surface area contributed by atoms with Crippen molar-refractivity contribution in [2.75, 3.05) is 39.9 Å². The molecule has 1 fully saturated rings. The zero-order valence-corrected chi connectivity index (χ0v) is 10.5. The summed E-state index contributed by atoms with van der Waals surface area (Å²) in [7, 11) is 1.78. The van der Waals surface area contributed by atoms with E-state index in [0.29, 0.717) is 0 Å². The summed E-state index contributed by atoms with van der Waals surface area (Å²) < 4.78 is 5.07. The van der Waals surface area contributed by atoms with Crippen LogP contribution in [-0.2, 0) is 4.74 Å². The van der Waals surface area contributed by atoms with E-state index in [2.05, 4.69) is 24.1 Å². The molecule has 0 spiro atoms. The SMILES string of the molecule is COCCCCN1CCCNC(C)(C)C1. The molecule has 0 aliphatic carbocycles. The third kappa shape index (κ3) is 5.50. The van der Waals surface area contributed by atoms with Crippen molar-refractivity contribution in [3.8, 4) is 0 Å². The minimum atomic E-state index is 0.276. The first-order chi connectivity index (χ1) is 7.14. The molecule has 0 saturated carbocycles. The Morgan fingerprint density at radius 3 is 2.87 bits per heavy atom. The maximum absolute atomic E-state index is 5.07. The minimum absolute atomic E-state index is 0.276. The molecule has 1 aliphatic heterocycles. The van der Waals surface area contributed by atoms with Crippen molar-refractivity contribution in [2.24, 2.45) is 0 Å². The van der Waals surface area contributed by atoms with Crippen molar-refractivity contribution in [1.82, 2.24) is 10.2 Å². The zero-order valence-electron chi connectivity index (χ0n) is 10.5. The number of nitrogens with one attached hydrogen (secondary N) is 1. The van der Waals surface area contributed by atoms with E-state index in [9.17, 15) is 0 Å². The number of nitrogens with zero attached hydrogens (tertiary/aromatic N) is 1. The van der Waals surface area contributed by atoms with Crippen LogP contribution in [0.15, 0.2) is 0 Å². The minimum Gasteiger partial charge on any atom is -0.385 e. The first kappa shape index (κ1) is 12.9. The van der Waals surface area contributed by atoms with Gasteiger partial charge in [-0.25, -0.2) is 0 Å². The molecular weight excluding hydrogens is 188 g/mol. The van der Waals surface area contributed by atoms with Crippen molar-refractivity contribution in [3.63, 3.8) is 0 Å². The predicted molar refractivity (Wildman–Crippen MR) is 64.2 cm³/mol. The van der Waals surface area contributed by atoms with Gasteiger partial charge in [0.15, 0.2) is 0 Å². The van der Waals surface area contributed by atoms with Gasteiger partial charge in [-0.3, -0.25) is 0 Å². The van der Waals surface area contributed by atoms with Gasteiger partial charge in [0.1, 0.15) is 0 Å². The molecule has 1 rings (SSSR count). The highest BCUT2D eigenvalue weighted by Gasteiger charge is 2.23. The molecule has 3 nitrogen and oxygen atoms in total. The Bertz CT molecular complexity index is 171. The number of ether oxygens (including phenoxy) is 1. The van der Waals surface area contributed by atoms with Crippen LogP contribution in [0, 0.1) is 0 Å². The summed E-state index contributed by atoms with van der Waals surface area (Å²) in [6.45, 7) is 10.3. The molecule has 15 heavy (non-hydrogen) atoms. The van der Waals surface area contributed by atoms with Crippen LogP contribution in [0.3, 0.4) is 0 Å². The molecule has 0 radical (unpaired) electrons. The van der Waals surface area contributed by atoms with Crippen LogP contribution >= 0.6 is 0 Å². The van der Waals surface area contributed by atoms with Crippen LogP contribution in [-0.4, -0.2) is 50.3 Å². The van der Waals surface area contributed by atoms with E-state index in [-0.39, 0.29) is 5.54 Å². The number of unbranched alkanes of at least 4 members (excludes halogenated alkanes) is 1. The van der Waals surface area contributed by atoms with Crippen LogP contribution in [0.25, 0.3) is 0 Å². The molecule has 1 N–H and O–H groups in total. The highest BCUT2D eigenvalue weighted by Crippen LogP contribution is 2.11. The lowest BCUT2D eigenvalue weighted by molar-refractivity contribution is 0.179. The van der Waals surface area contributed by atoms with Crippen molar-refractivity contribution in [2.45, 2.75) is 38.6 Å². The highest BCUT2D eigenvalue weighted by atomic mass is 16.5. The van der Waals surface area contributed by atoms with Gasteiger partial charge in [-0.05, 0) is 52.7 Å². The summed E-state index contributed by atoms with van der Waals surface area (Å²) in [5.41, 5.74) is 0.276. The van der Waals surface area contributed by atoms with Crippen LogP contribution in [0.4, 0.5) is 0 Å². The molecule has 1 heterocycles. The molecule has 1 saturated heterocycles. The fourth-order valence-corrected chi connectivity index (χ4v) is 2.20. The maximum Gasteiger partial charge on any atom is 0.0462 e. The first-order valence-electron chi connectivity index (χ1n) is 6.10. The van der Waals surface area contributed by atoms with Gasteiger partial charge in [-0.15, -0.1) is 0 Å². The van der Waals surface area contributed by atoms with Gasteiger partial charge in [-0.1, -0.05) is 0 Å². The third-order valence-electron chi connectivity index (χ3n) is 2.95. The Morgan fingerprint density at radius 1 is 1.33 bits per heavy atom. The molecular formula is C12H26N2O. The zero-order chi connectivity index (χ0) is 11.1. The van der Waals surface area contributed by atoms with Crippen molar-refractivity contribution < 1.29 is 4.74 Å². The van der Waals surface area contributed by atoms with Gasteiger partial charge in [0.25, 0.3) is 0 Å². The summed E-state index contributed by atoms with van der Waals surface area (Å²) in [6, 6.07) is 0. The number of hydrogen-bond acceptors (Lipinski definition) is 3. The van der Waals surface area contributed by atoms with E-state index in [1.165, 1.54) is 38.9 Å². The Balaban J connectivity index is 2.21. The van der Waals surface area contributed by atoms with Crippen molar-refractivity contribution >= 4 is 0 Å². The monoisotopic (exact) mass is 214 g/mol. The largest absolute Gasteiger partial charge is 0.385 e. The second-order valence-electron chi connectivity index (χ2n) is 5.14. The van der Waals surface area contributed by atoms with E-state index < -0.39 is 0 Å². The number of methoxy groups -OCH3 is 1. The van der Waals surface area contributed by atoms with Crippen LogP contribution in [0.1, 0.15) is 33.1 Å². The van der Waals surface area contributed by atoms with Crippen molar-refractivity contribution in [1.29, 1.82) is 0 Å². The van der Waals surface area contributed by atoms with E-state index >= 15 is 0 Å². The molecule has 0 atom stereocenters. The molecule has 0 aromatic rings. The lowest BCUT2D eigenvalue weighted by atomic mass is 10.1. The summed E-state index contributed by atoms with van der Waals surface area (Å²) in [4.78, 5) is 2.58. The van der Waals surface area contributed by atoms with Gasteiger partial charge < -0.3 is 15.0 Å². The lowest BCUT2D eigenvalue weighted by Gasteiger charge is -2.29. The van der Waals surface area contributed by atoms with Gasteiger partial charge in [0.2, 0.25) is 0 Å². The first-order valence-corrected chi connectivity index (χ1v) is 6.10. The van der Waals surface area contributed by atoms with Crippen LogP contribution in [0.2, 0.25) is 0 Å². The van der Waals surface area contributed by atoms with Gasteiger partial charge in [-0.2, -0.15) is 0 Å². The average molecular weight is 214 g/mol. The van der Waals surface area contributed by atoms with E-state index in [4.69, 9.17) is 4.74 Å². The summed E-state index contributed by atoms with van der Waals surface area (Å²) >= 11 is 0. The lowest BCUT2D eigenvalue weighted by Crippen LogP contribution is -2.46. The fourth-order valence-electron chi connectivity index (χ4n) is 2.20. The van der Waals surface area contributed by atoms with Crippen LogP contribution in [0.5, 0.6) is 0 Å². The Labute approximate surface area is 94.2 Å². The summed E-state index contributed by atoms with van der Waals surface area (Å²) in [6.07, 6.45) is 3.71.